The molecule has 27 heavy (non-hydrogen) atoms. The van der Waals surface area contributed by atoms with E-state index in [2.05, 4.69) is 17.9 Å². The summed E-state index contributed by atoms with van der Waals surface area (Å²) in [6, 6.07) is 14.7. The van der Waals surface area contributed by atoms with Crippen molar-refractivity contribution in [2.24, 2.45) is 0 Å². The number of likely N-dealkylation sites (N-methyl/N-ethyl adjacent to an activating group) is 1. The van der Waals surface area contributed by atoms with Crippen LogP contribution in [0.3, 0.4) is 0 Å². The van der Waals surface area contributed by atoms with Gasteiger partial charge >= 0.3 is 0 Å². The van der Waals surface area contributed by atoms with E-state index in [9.17, 15) is 5.11 Å². The van der Waals surface area contributed by atoms with Crippen molar-refractivity contribution in [2.45, 2.75) is 19.6 Å². The van der Waals surface area contributed by atoms with Crippen LogP contribution in [0.1, 0.15) is 18.1 Å². The van der Waals surface area contributed by atoms with Crippen molar-refractivity contribution >= 4 is 0 Å². The normalized spacial score (nSPS) is 11.7. The van der Waals surface area contributed by atoms with Crippen LogP contribution in [-0.2, 0) is 6.54 Å². The Hall–Kier alpha value is -2.75. The maximum Gasteiger partial charge on any atom is 0.161 e. The molecule has 144 valence electrons. The third-order valence-electron chi connectivity index (χ3n) is 4.20. The number of methoxy groups -OCH3 is 2. The average molecular weight is 370 g/mol. The number of hydrogen-bond acceptors (Lipinski definition) is 6. The van der Waals surface area contributed by atoms with Crippen molar-refractivity contribution in [3.05, 3.63) is 53.6 Å². The van der Waals surface area contributed by atoms with Gasteiger partial charge in [-0.2, -0.15) is 5.26 Å². The highest BCUT2D eigenvalue weighted by Gasteiger charge is 2.13. The van der Waals surface area contributed by atoms with Crippen molar-refractivity contribution < 1.29 is 19.3 Å². The molecule has 0 saturated heterocycles. The number of nitriles is 1. The minimum Gasteiger partial charge on any atom is -0.493 e. The lowest BCUT2D eigenvalue weighted by molar-refractivity contribution is 0.0674. The lowest BCUT2D eigenvalue weighted by Gasteiger charge is -2.24. The monoisotopic (exact) mass is 370 g/mol. The van der Waals surface area contributed by atoms with E-state index in [4.69, 9.17) is 19.5 Å². The number of ether oxygens (including phenoxy) is 3. The van der Waals surface area contributed by atoms with Crippen LogP contribution in [0.2, 0.25) is 0 Å². The molecule has 0 fully saturated rings. The summed E-state index contributed by atoms with van der Waals surface area (Å²) < 4.78 is 16.2. The van der Waals surface area contributed by atoms with Crippen LogP contribution in [0, 0.1) is 11.3 Å². The molecule has 0 unspecified atom stereocenters. The highest BCUT2D eigenvalue weighted by molar-refractivity contribution is 5.42. The third kappa shape index (κ3) is 6.17. The Morgan fingerprint density at radius 3 is 2.37 bits per heavy atom. The second-order valence-electron chi connectivity index (χ2n) is 6.12. The predicted molar refractivity (Wildman–Crippen MR) is 103 cm³/mol. The summed E-state index contributed by atoms with van der Waals surface area (Å²) in [6.45, 7) is 4.21. The van der Waals surface area contributed by atoms with Gasteiger partial charge in [0, 0.05) is 13.1 Å². The summed E-state index contributed by atoms with van der Waals surface area (Å²) in [5.74, 6) is 2.02. The topological polar surface area (TPSA) is 75.0 Å². The van der Waals surface area contributed by atoms with Crippen molar-refractivity contribution in [1.82, 2.24) is 4.90 Å². The highest BCUT2D eigenvalue weighted by atomic mass is 16.5. The van der Waals surface area contributed by atoms with Gasteiger partial charge in [0.05, 0.1) is 25.9 Å². The van der Waals surface area contributed by atoms with Gasteiger partial charge in [0.25, 0.3) is 0 Å². The Bertz CT molecular complexity index is 756. The zero-order chi connectivity index (χ0) is 19.6. The third-order valence-corrected chi connectivity index (χ3v) is 4.20. The van der Waals surface area contributed by atoms with Gasteiger partial charge in [0.15, 0.2) is 11.5 Å². The summed E-state index contributed by atoms with van der Waals surface area (Å²) in [5, 5.41) is 19.1. The molecule has 0 aliphatic rings. The Labute approximate surface area is 160 Å². The second-order valence-corrected chi connectivity index (χ2v) is 6.12. The standard InChI is InChI=1S/C21H26N2O4/c1-4-23(13-17-7-10-20(25-2)21(11-17)26-3)14-18(24)15-27-19-8-5-16(12-22)6-9-19/h5-11,18,24H,4,13-15H2,1-3H3/t18-/m0/s1. The molecule has 1 atom stereocenters. The number of nitrogens with zero attached hydrogens (tertiary/aromatic N) is 2. The van der Waals surface area contributed by atoms with Gasteiger partial charge in [0.2, 0.25) is 0 Å². The van der Waals surface area contributed by atoms with Crippen LogP contribution >= 0.6 is 0 Å². The fourth-order valence-electron chi connectivity index (χ4n) is 2.71. The summed E-state index contributed by atoms with van der Waals surface area (Å²) in [7, 11) is 3.23. The Kier molecular flexibility index (Phi) is 7.93. The summed E-state index contributed by atoms with van der Waals surface area (Å²) >= 11 is 0. The fourth-order valence-corrected chi connectivity index (χ4v) is 2.71. The number of rotatable bonds is 10. The van der Waals surface area contributed by atoms with Crippen molar-refractivity contribution in [2.75, 3.05) is 33.9 Å². The molecule has 2 rings (SSSR count). The van der Waals surface area contributed by atoms with Crippen LogP contribution in [-0.4, -0.2) is 50.0 Å². The van der Waals surface area contributed by atoms with Gasteiger partial charge in [-0.05, 0) is 48.5 Å². The van der Waals surface area contributed by atoms with Gasteiger partial charge in [-0.1, -0.05) is 13.0 Å². The number of aliphatic hydroxyl groups is 1. The molecular weight excluding hydrogens is 344 g/mol. The first kappa shape index (κ1) is 20.6. The minimum atomic E-state index is -0.624. The van der Waals surface area contributed by atoms with E-state index in [1.807, 2.05) is 18.2 Å². The van der Waals surface area contributed by atoms with Gasteiger partial charge in [-0.3, -0.25) is 4.90 Å². The van der Waals surface area contributed by atoms with Crippen LogP contribution in [0.5, 0.6) is 17.2 Å². The summed E-state index contributed by atoms with van der Waals surface area (Å²) in [4.78, 5) is 2.13. The van der Waals surface area contributed by atoms with E-state index in [-0.39, 0.29) is 6.61 Å². The molecule has 1 N–H and O–H groups in total. The summed E-state index contributed by atoms with van der Waals surface area (Å²) in [6.07, 6.45) is -0.624. The largest absolute Gasteiger partial charge is 0.493 e. The Morgan fingerprint density at radius 2 is 1.78 bits per heavy atom. The molecule has 0 spiro atoms. The Morgan fingerprint density at radius 1 is 1.07 bits per heavy atom. The van der Waals surface area contributed by atoms with E-state index in [0.717, 1.165) is 12.1 Å². The first-order valence-corrected chi connectivity index (χ1v) is 8.83. The maximum absolute atomic E-state index is 10.3. The molecule has 0 radical (unpaired) electrons. The SMILES string of the molecule is CCN(Cc1ccc(OC)c(OC)c1)C[C@H](O)COc1ccc(C#N)cc1. The molecule has 0 heterocycles. The zero-order valence-corrected chi connectivity index (χ0v) is 16.0. The molecule has 0 aromatic heterocycles. The quantitative estimate of drug-likeness (QED) is 0.693. The lowest BCUT2D eigenvalue weighted by Crippen LogP contribution is -2.35. The van der Waals surface area contributed by atoms with Crippen LogP contribution in [0.4, 0.5) is 0 Å². The Balaban J connectivity index is 1.88. The smallest absolute Gasteiger partial charge is 0.161 e. The number of aliphatic hydroxyl groups excluding tert-OH is 1. The fraction of sp³-hybridized carbons (Fsp3) is 0.381. The van der Waals surface area contributed by atoms with Gasteiger partial charge in [-0.15, -0.1) is 0 Å². The van der Waals surface area contributed by atoms with Crippen LogP contribution in [0.25, 0.3) is 0 Å². The minimum absolute atomic E-state index is 0.189. The van der Waals surface area contributed by atoms with Gasteiger partial charge in [-0.25, -0.2) is 0 Å². The molecule has 0 saturated carbocycles. The van der Waals surface area contributed by atoms with E-state index in [1.165, 1.54) is 0 Å². The molecule has 2 aromatic carbocycles. The van der Waals surface area contributed by atoms with E-state index in [0.29, 0.717) is 35.9 Å². The molecular formula is C21H26N2O4. The molecule has 0 aliphatic heterocycles. The average Bonchev–Trinajstić information content (AvgIpc) is 2.71. The highest BCUT2D eigenvalue weighted by Crippen LogP contribution is 2.28. The van der Waals surface area contributed by atoms with Gasteiger partial charge in [0.1, 0.15) is 18.5 Å². The number of benzene rings is 2. The molecule has 2 aromatic rings. The maximum atomic E-state index is 10.3. The molecule has 6 heteroatoms. The molecule has 0 aliphatic carbocycles. The predicted octanol–water partition coefficient (Wildman–Crippen LogP) is 2.84. The molecule has 0 bridgehead atoms. The van der Waals surface area contributed by atoms with Crippen molar-refractivity contribution in [3.8, 4) is 23.3 Å². The lowest BCUT2D eigenvalue weighted by atomic mass is 10.1. The summed E-state index contributed by atoms with van der Waals surface area (Å²) in [5.41, 5.74) is 1.66. The second kappa shape index (κ2) is 10.4. The van der Waals surface area contributed by atoms with Crippen LogP contribution < -0.4 is 14.2 Å². The van der Waals surface area contributed by atoms with Crippen molar-refractivity contribution in [1.29, 1.82) is 5.26 Å². The van der Waals surface area contributed by atoms with Gasteiger partial charge < -0.3 is 19.3 Å². The number of hydrogen-bond donors (Lipinski definition) is 1. The zero-order valence-electron chi connectivity index (χ0n) is 16.0. The van der Waals surface area contributed by atoms with Crippen LogP contribution in [0.15, 0.2) is 42.5 Å². The van der Waals surface area contributed by atoms with E-state index >= 15 is 0 Å². The molecule has 6 nitrogen and oxygen atoms in total. The first-order chi connectivity index (χ1) is 13.1. The first-order valence-electron chi connectivity index (χ1n) is 8.83. The van der Waals surface area contributed by atoms with Crippen molar-refractivity contribution in [3.63, 3.8) is 0 Å². The van der Waals surface area contributed by atoms with E-state index in [1.54, 1.807) is 38.5 Å². The van der Waals surface area contributed by atoms with E-state index < -0.39 is 6.10 Å². The molecule has 0 amide bonds.